The third kappa shape index (κ3) is 3.64. The number of aromatic nitrogens is 2. The highest BCUT2D eigenvalue weighted by Gasteiger charge is 2.33. The molecule has 1 aliphatic carbocycles. The smallest absolute Gasteiger partial charge is 0.259 e. The van der Waals surface area contributed by atoms with Gasteiger partial charge in [-0.15, -0.1) is 0 Å². The van der Waals surface area contributed by atoms with E-state index < -0.39 is 10.0 Å². The van der Waals surface area contributed by atoms with Crippen molar-refractivity contribution < 1.29 is 13.5 Å². The summed E-state index contributed by atoms with van der Waals surface area (Å²) in [4.78, 5) is 4.12. The monoisotopic (exact) mass is 315 g/mol. The lowest BCUT2D eigenvalue weighted by Crippen LogP contribution is -2.41. The molecule has 1 aliphatic rings. The van der Waals surface area contributed by atoms with Crippen molar-refractivity contribution in [3.63, 3.8) is 0 Å². The first-order valence-corrected chi connectivity index (χ1v) is 9.05. The molecule has 6 nitrogen and oxygen atoms in total. The molecule has 1 heterocycles. The molecule has 0 saturated heterocycles. The highest BCUT2D eigenvalue weighted by Crippen LogP contribution is 2.35. The van der Waals surface area contributed by atoms with Gasteiger partial charge in [0.2, 0.25) is 0 Å². The second-order valence-corrected chi connectivity index (χ2v) is 7.67. The van der Waals surface area contributed by atoms with Crippen LogP contribution in [0, 0.1) is 12.3 Å². The van der Waals surface area contributed by atoms with Crippen molar-refractivity contribution in [3.05, 3.63) is 12.0 Å². The van der Waals surface area contributed by atoms with E-state index in [2.05, 4.69) is 9.71 Å². The Morgan fingerprint density at radius 2 is 2.05 bits per heavy atom. The number of hydrogen-bond acceptors (Lipinski definition) is 4. The Balaban J connectivity index is 2.09. The Morgan fingerprint density at radius 1 is 1.38 bits per heavy atom. The fourth-order valence-corrected chi connectivity index (χ4v) is 4.11. The molecule has 0 bridgehead atoms. The van der Waals surface area contributed by atoms with Gasteiger partial charge in [-0.1, -0.05) is 19.3 Å². The Kier molecular flexibility index (Phi) is 5.06. The summed E-state index contributed by atoms with van der Waals surface area (Å²) >= 11 is 0. The second kappa shape index (κ2) is 6.46. The van der Waals surface area contributed by atoms with E-state index in [9.17, 15) is 13.5 Å². The number of sulfonamides is 1. The van der Waals surface area contributed by atoms with Gasteiger partial charge in [0, 0.05) is 31.3 Å². The zero-order valence-electron chi connectivity index (χ0n) is 12.8. The van der Waals surface area contributed by atoms with Gasteiger partial charge in [-0.3, -0.25) is 0 Å². The lowest BCUT2D eigenvalue weighted by Gasteiger charge is -2.35. The molecule has 2 N–H and O–H groups in total. The quantitative estimate of drug-likeness (QED) is 0.832. The molecule has 1 aromatic heterocycles. The predicted octanol–water partition coefficient (Wildman–Crippen LogP) is 1.43. The van der Waals surface area contributed by atoms with Crippen molar-refractivity contribution in [3.8, 4) is 0 Å². The molecule has 0 aromatic carbocycles. The molecule has 0 atom stereocenters. The maximum Gasteiger partial charge on any atom is 0.259 e. The number of nitrogens with zero attached hydrogens (tertiary/aromatic N) is 2. The standard InChI is InChI=1S/C14H25N3O3S/c1-3-17-9-13(16-12(17)2)21(19,20)15-10-14(11-18)7-5-4-6-8-14/h9,15,18H,3-8,10-11H2,1-2H3. The van der Waals surface area contributed by atoms with Crippen LogP contribution in [0.15, 0.2) is 11.2 Å². The van der Waals surface area contributed by atoms with Crippen LogP contribution in [0.25, 0.3) is 0 Å². The molecular formula is C14H25N3O3S. The lowest BCUT2D eigenvalue weighted by molar-refractivity contribution is 0.0867. The van der Waals surface area contributed by atoms with Gasteiger partial charge in [-0.2, -0.15) is 0 Å². The summed E-state index contributed by atoms with van der Waals surface area (Å²) in [5.74, 6) is 0.687. The first-order chi connectivity index (χ1) is 9.92. The Labute approximate surface area is 126 Å². The number of aryl methyl sites for hydroxylation is 2. The van der Waals surface area contributed by atoms with Crippen LogP contribution >= 0.6 is 0 Å². The van der Waals surface area contributed by atoms with Crippen molar-refractivity contribution in [2.24, 2.45) is 5.41 Å². The van der Waals surface area contributed by atoms with E-state index in [4.69, 9.17) is 0 Å². The normalized spacial score (nSPS) is 18.8. The lowest BCUT2D eigenvalue weighted by atomic mass is 9.75. The van der Waals surface area contributed by atoms with E-state index in [0.717, 1.165) is 32.1 Å². The van der Waals surface area contributed by atoms with Gasteiger partial charge in [0.05, 0.1) is 0 Å². The van der Waals surface area contributed by atoms with Crippen LogP contribution in [0.1, 0.15) is 44.9 Å². The molecule has 0 spiro atoms. The number of nitrogens with one attached hydrogen (secondary N) is 1. The average Bonchev–Trinajstić information content (AvgIpc) is 2.88. The number of hydrogen-bond donors (Lipinski definition) is 2. The summed E-state index contributed by atoms with van der Waals surface area (Å²) in [6, 6.07) is 0. The van der Waals surface area contributed by atoms with Crippen molar-refractivity contribution in [2.45, 2.75) is 57.5 Å². The van der Waals surface area contributed by atoms with E-state index in [1.165, 1.54) is 0 Å². The van der Waals surface area contributed by atoms with Crippen LogP contribution in [0.5, 0.6) is 0 Å². The van der Waals surface area contributed by atoms with Gasteiger partial charge < -0.3 is 9.67 Å². The fourth-order valence-electron chi connectivity index (χ4n) is 2.94. The van der Waals surface area contributed by atoms with Gasteiger partial charge in [-0.05, 0) is 26.7 Å². The Bertz CT molecular complexity index is 574. The highest BCUT2D eigenvalue weighted by molar-refractivity contribution is 7.89. The maximum atomic E-state index is 12.3. The zero-order chi connectivity index (χ0) is 15.5. The number of imidazole rings is 1. The van der Waals surface area contributed by atoms with Gasteiger partial charge in [0.15, 0.2) is 5.03 Å². The second-order valence-electron chi connectivity index (χ2n) is 5.96. The topological polar surface area (TPSA) is 84.2 Å². The van der Waals surface area contributed by atoms with Gasteiger partial charge >= 0.3 is 0 Å². The van der Waals surface area contributed by atoms with Gasteiger partial charge in [0.1, 0.15) is 5.82 Å². The van der Waals surface area contributed by atoms with Crippen LogP contribution in [-0.2, 0) is 16.6 Å². The predicted molar refractivity (Wildman–Crippen MR) is 80.4 cm³/mol. The van der Waals surface area contributed by atoms with E-state index in [1.807, 2.05) is 6.92 Å². The number of aliphatic hydroxyl groups is 1. The van der Waals surface area contributed by atoms with Crippen LogP contribution in [0.3, 0.4) is 0 Å². The molecule has 1 saturated carbocycles. The molecule has 1 aromatic rings. The molecule has 0 radical (unpaired) electrons. The molecule has 2 rings (SSSR count). The summed E-state index contributed by atoms with van der Waals surface area (Å²) < 4.78 is 29.1. The van der Waals surface area contributed by atoms with Crippen LogP contribution in [0.2, 0.25) is 0 Å². The van der Waals surface area contributed by atoms with Gasteiger partial charge in [0.25, 0.3) is 10.0 Å². The maximum absolute atomic E-state index is 12.3. The van der Waals surface area contributed by atoms with Crippen molar-refractivity contribution in [2.75, 3.05) is 13.2 Å². The minimum atomic E-state index is -3.61. The third-order valence-corrected chi connectivity index (χ3v) is 5.73. The first kappa shape index (κ1) is 16.5. The molecule has 0 amide bonds. The minimum absolute atomic E-state index is 0.0257. The molecule has 7 heteroatoms. The minimum Gasteiger partial charge on any atom is -0.396 e. The van der Waals surface area contributed by atoms with E-state index in [-0.39, 0.29) is 23.6 Å². The van der Waals surface area contributed by atoms with Gasteiger partial charge in [-0.25, -0.2) is 18.1 Å². The van der Waals surface area contributed by atoms with Crippen molar-refractivity contribution in [1.82, 2.24) is 14.3 Å². The summed E-state index contributed by atoms with van der Waals surface area (Å²) in [6.07, 6.45) is 6.55. The highest BCUT2D eigenvalue weighted by atomic mass is 32.2. The first-order valence-electron chi connectivity index (χ1n) is 7.57. The van der Waals surface area contributed by atoms with Crippen LogP contribution in [0.4, 0.5) is 0 Å². The fraction of sp³-hybridized carbons (Fsp3) is 0.786. The molecule has 0 aliphatic heterocycles. The molecule has 0 unspecified atom stereocenters. The number of rotatable bonds is 6. The summed E-state index contributed by atoms with van der Waals surface area (Å²) in [5, 5.41) is 9.70. The SMILES string of the molecule is CCn1cc(S(=O)(=O)NCC2(CO)CCCCC2)nc1C. The summed E-state index contributed by atoms with van der Waals surface area (Å²) in [6.45, 7) is 4.73. The average molecular weight is 315 g/mol. The summed E-state index contributed by atoms with van der Waals surface area (Å²) in [5.41, 5.74) is -0.312. The van der Waals surface area contributed by atoms with E-state index in [0.29, 0.717) is 12.4 Å². The van der Waals surface area contributed by atoms with Crippen LogP contribution < -0.4 is 4.72 Å². The Hall–Kier alpha value is -0.920. The van der Waals surface area contributed by atoms with Crippen molar-refractivity contribution in [1.29, 1.82) is 0 Å². The van der Waals surface area contributed by atoms with Crippen LogP contribution in [-0.4, -0.2) is 36.2 Å². The molecule has 1 fully saturated rings. The molecular weight excluding hydrogens is 290 g/mol. The van der Waals surface area contributed by atoms with E-state index >= 15 is 0 Å². The Morgan fingerprint density at radius 3 is 2.57 bits per heavy atom. The molecule has 21 heavy (non-hydrogen) atoms. The largest absolute Gasteiger partial charge is 0.396 e. The van der Waals surface area contributed by atoms with Crippen molar-refractivity contribution >= 4 is 10.0 Å². The number of aliphatic hydroxyl groups excluding tert-OH is 1. The molecule has 120 valence electrons. The third-order valence-electron chi connectivity index (χ3n) is 4.46. The zero-order valence-corrected chi connectivity index (χ0v) is 13.6. The summed E-state index contributed by atoms with van der Waals surface area (Å²) in [7, 11) is -3.61. The van der Waals surface area contributed by atoms with E-state index in [1.54, 1.807) is 17.7 Å².